The summed E-state index contributed by atoms with van der Waals surface area (Å²) in [4.78, 5) is 11.5. The summed E-state index contributed by atoms with van der Waals surface area (Å²) < 4.78 is 10.8. The van der Waals surface area contributed by atoms with Gasteiger partial charge >= 0.3 is 5.97 Å². The van der Waals surface area contributed by atoms with Crippen LogP contribution in [0, 0.1) is 5.41 Å². The summed E-state index contributed by atoms with van der Waals surface area (Å²) >= 11 is 0. The highest BCUT2D eigenvalue weighted by atomic mass is 16.8. The summed E-state index contributed by atoms with van der Waals surface area (Å²) in [5.41, 5.74) is -1.03. The third-order valence-corrected chi connectivity index (χ3v) is 2.25. The molecular formula is C11H18O3. The maximum atomic E-state index is 11.5. The molecule has 0 saturated carbocycles. The second-order valence-electron chi connectivity index (χ2n) is 4.94. The van der Waals surface area contributed by atoms with E-state index in [1.807, 2.05) is 20.8 Å². The van der Waals surface area contributed by atoms with Gasteiger partial charge in [0.2, 0.25) is 6.29 Å². The van der Waals surface area contributed by atoms with Crippen LogP contribution in [0.15, 0.2) is 12.7 Å². The molecule has 1 fully saturated rings. The summed E-state index contributed by atoms with van der Waals surface area (Å²) in [6.45, 7) is 11.3. The average Bonchev–Trinajstić information content (AvgIpc) is 2.28. The van der Waals surface area contributed by atoms with Crippen molar-refractivity contribution in [1.82, 2.24) is 0 Å². The molecule has 1 aliphatic heterocycles. The molecule has 1 saturated heterocycles. The molecule has 0 spiro atoms. The molecule has 1 heterocycles. The van der Waals surface area contributed by atoms with Gasteiger partial charge in [-0.1, -0.05) is 26.8 Å². The van der Waals surface area contributed by atoms with Crippen molar-refractivity contribution in [3.8, 4) is 0 Å². The van der Waals surface area contributed by atoms with Crippen LogP contribution in [-0.4, -0.2) is 17.9 Å². The Labute approximate surface area is 85.1 Å². The van der Waals surface area contributed by atoms with Crippen LogP contribution < -0.4 is 0 Å². The molecular weight excluding hydrogens is 180 g/mol. The van der Waals surface area contributed by atoms with Gasteiger partial charge in [-0.25, -0.2) is 4.79 Å². The van der Waals surface area contributed by atoms with Crippen molar-refractivity contribution >= 4 is 5.97 Å². The quantitative estimate of drug-likeness (QED) is 0.504. The number of ether oxygens (including phenoxy) is 2. The van der Waals surface area contributed by atoms with Gasteiger partial charge in [-0.3, -0.25) is 0 Å². The Kier molecular flexibility index (Phi) is 2.72. The number of carbonyl (C=O) groups is 1. The van der Waals surface area contributed by atoms with Crippen molar-refractivity contribution in [2.24, 2.45) is 5.41 Å². The Bertz CT molecular complexity index is 252. The topological polar surface area (TPSA) is 35.5 Å². The fourth-order valence-corrected chi connectivity index (χ4v) is 1.29. The maximum absolute atomic E-state index is 11.5. The molecule has 3 heteroatoms. The van der Waals surface area contributed by atoms with Gasteiger partial charge in [0.05, 0.1) is 0 Å². The van der Waals surface area contributed by atoms with Gasteiger partial charge in [0.25, 0.3) is 0 Å². The van der Waals surface area contributed by atoms with Crippen LogP contribution in [0.2, 0.25) is 0 Å². The van der Waals surface area contributed by atoms with Gasteiger partial charge in [0, 0.05) is 11.8 Å². The van der Waals surface area contributed by atoms with Gasteiger partial charge in [-0.2, -0.15) is 0 Å². The zero-order chi connectivity index (χ0) is 11.0. The lowest BCUT2D eigenvalue weighted by Gasteiger charge is -2.25. The first-order chi connectivity index (χ1) is 6.29. The molecule has 0 aromatic carbocycles. The largest absolute Gasteiger partial charge is 0.433 e. The van der Waals surface area contributed by atoms with Crippen LogP contribution in [0.4, 0.5) is 0 Å². The molecule has 2 atom stereocenters. The summed E-state index contributed by atoms with van der Waals surface area (Å²) in [5, 5.41) is 0. The Morgan fingerprint density at radius 3 is 2.50 bits per heavy atom. The molecule has 0 amide bonds. The monoisotopic (exact) mass is 198 g/mol. The highest BCUT2D eigenvalue weighted by molar-refractivity contribution is 5.80. The van der Waals surface area contributed by atoms with Gasteiger partial charge in [-0.05, 0) is 6.92 Å². The lowest BCUT2D eigenvalue weighted by atomic mass is 9.96. The van der Waals surface area contributed by atoms with E-state index in [2.05, 4.69) is 6.58 Å². The number of carbonyl (C=O) groups excluding carboxylic acids is 1. The zero-order valence-electron chi connectivity index (χ0n) is 9.29. The van der Waals surface area contributed by atoms with Crippen molar-refractivity contribution in [3.63, 3.8) is 0 Å². The Balaban J connectivity index is 2.78. The molecule has 1 rings (SSSR count). The van der Waals surface area contributed by atoms with E-state index >= 15 is 0 Å². The SMILES string of the molecule is C=CC[C@@]1(C)O[C@H](C(C)(C)C)OC1=O. The Morgan fingerprint density at radius 1 is 1.57 bits per heavy atom. The number of rotatable bonds is 2. The van der Waals surface area contributed by atoms with E-state index in [-0.39, 0.29) is 11.4 Å². The van der Waals surface area contributed by atoms with E-state index in [1.165, 1.54) is 0 Å². The van der Waals surface area contributed by atoms with E-state index in [9.17, 15) is 4.79 Å². The highest BCUT2D eigenvalue weighted by Gasteiger charge is 2.49. The van der Waals surface area contributed by atoms with Gasteiger partial charge in [0.15, 0.2) is 5.60 Å². The molecule has 3 nitrogen and oxygen atoms in total. The normalized spacial score (nSPS) is 32.9. The highest BCUT2D eigenvalue weighted by Crippen LogP contribution is 2.36. The van der Waals surface area contributed by atoms with E-state index in [4.69, 9.17) is 9.47 Å². The molecule has 0 bridgehead atoms. The van der Waals surface area contributed by atoms with Crippen LogP contribution in [-0.2, 0) is 14.3 Å². The number of esters is 1. The first kappa shape index (κ1) is 11.2. The lowest BCUT2D eigenvalue weighted by molar-refractivity contribution is -0.155. The van der Waals surface area contributed by atoms with Crippen LogP contribution in [0.1, 0.15) is 34.1 Å². The van der Waals surface area contributed by atoms with E-state index in [0.29, 0.717) is 6.42 Å². The van der Waals surface area contributed by atoms with E-state index < -0.39 is 11.9 Å². The minimum absolute atomic E-state index is 0.186. The zero-order valence-corrected chi connectivity index (χ0v) is 9.29. The van der Waals surface area contributed by atoms with Crippen LogP contribution >= 0.6 is 0 Å². The van der Waals surface area contributed by atoms with E-state index in [0.717, 1.165) is 0 Å². The smallest absolute Gasteiger partial charge is 0.340 e. The van der Waals surface area contributed by atoms with E-state index in [1.54, 1.807) is 13.0 Å². The van der Waals surface area contributed by atoms with Crippen LogP contribution in [0.3, 0.4) is 0 Å². The summed E-state index contributed by atoms with van der Waals surface area (Å²) in [6.07, 6.45) is 1.70. The minimum atomic E-state index is -0.848. The van der Waals surface area contributed by atoms with Crippen molar-refractivity contribution in [1.29, 1.82) is 0 Å². The van der Waals surface area contributed by atoms with Crippen LogP contribution in [0.25, 0.3) is 0 Å². The second kappa shape index (κ2) is 3.39. The molecule has 0 unspecified atom stereocenters. The predicted octanol–water partition coefficient (Wildman–Crippen LogP) is 2.27. The molecule has 80 valence electrons. The molecule has 0 radical (unpaired) electrons. The van der Waals surface area contributed by atoms with Crippen LogP contribution in [0.5, 0.6) is 0 Å². The van der Waals surface area contributed by atoms with Gasteiger partial charge in [-0.15, -0.1) is 6.58 Å². The van der Waals surface area contributed by atoms with Crippen molar-refractivity contribution < 1.29 is 14.3 Å². The average molecular weight is 198 g/mol. The third kappa shape index (κ3) is 1.98. The summed E-state index contributed by atoms with van der Waals surface area (Å²) in [5.74, 6) is -0.294. The first-order valence-corrected chi connectivity index (χ1v) is 4.79. The summed E-state index contributed by atoms with van der Waals surface area (Å²) in [7, 11) is 0. The molecule has 0 aromatic heterocycles. The molecule has 14 heavy (non-hydrogen) atoms. The molecule has 1 aliphatic rings. The molecule has 0 aliphatic carbocycles. The van der Waals surface area contributed by atoms with Gasteiger partial charge in [0.1, 0.15) is 0 Å². The number of hydrogen-bond donors (Lipinski definition) is 0. The lowest BCUT2D eigenvalue weighted by Crippen LogP contribution is -2.33. The second-order valence-corrected chi connectivity index (χ2v) is 4.94. The fraction of sp³-hybridized carbons (Fsp3) is 0.727. The molecule has 0 N–H and O–H groups in total. The number of cyclic esters (lactones) is 1. The number of hydrogen-bond acceptors (Lipinski definition) is 3. The van der Waals surface area contributed by atoms with Gasteiger partial charge < -0.3 is 9.47 Å². The molecule has 0 aromatic rings. The Hall–Kier alpha value is -0.830. The third-order valence-electron chi connectivity index (χ3n) is 2.25. The van der Waals surface area contributed by atoms with Crippen molar-refractivity contribution in [2.75, 3.05) is 0 Å². The van der Waals surface area contributed by atoms with Crippen molar-refractivity contribution in [3.05, 3.63) is 12.7 Å². The predicted molar refractivity (Wildman–Crippen MR) is 53.6 cm³/mol. The standard InChI is InChI=1S/C11H18O3/c1-6-7-11(5)8(12)13-9(14-11)10(2,3)4/h6,9H,1,7H2,2-5H3/t9-,11-/m1/s1. The fourth-order valence-electron chi connectivity index (χ4n) is 1.29. The van der Waals surface area contributed by atoms with Crippen molar-refractivity contribution in [2.45, 2.75) is 46.0 Å². The Morgan fingerprint density at radius 2 is 2.14 bits per heavy atom. The maximum Gasteiger partial charge on any atom is 0.340 e. The summed E-state index contributed by atoms with van der Waals surface area (Å²) in [6, 6.07) is 0. The minimum Gasteiger partial charge on any atom is -0.433 e. The first-order valence-electron chi connectivity index (χ1n) is 4.79.